The van der Waals surface area contributed by atoms with Crippen molar-refractivity contribution in [2.24, 2.45) is 5.84 Å². The number of nitrogen functional groups attached to an aromatic ring is 1. The zero-order valence-corrected chi connectivity index (χ0v) is 15.6. The summed E-state index contributed by atoms with van der Waals surface area (Å²) in [6.07, 6.45) is 4.22. The molecule has 1 atom stereocenters. The molecule has 0 bridgehead atoms. The van der Waals surface area contributed by atoms with Crippen LogP contribution in [0.3, 0.4) is 0 Å². The Labute approximate surface area is 145 Å². The summed E-state index contributed by atoms with van der Waals surface area (Å²) in [5.41, 5.74) is 3.98. The Hall–Kier alpha value is -0.890. The lowest BCUT2D eigenvalue weighted by Gasteiger charge is -2.33. The van der Waals surface area contributed by atoms with Crippen LogP contribution in [0.5, 0.6) is 0 Å². The highest BCUT2D eigenvalue weighted by Crippen LogP contribution is 2.42. The van der Waals surface area contributed by atoms with Crippen LogP contribution in [-0.4, -0.2) is 21.3 Å². The first-order valence-corrected chi connectivity index (χ1v) is 9.96. The maximum Gasteiger partial charge on any atom is 0.190 e. The van der Waals surface area contributed by atoms with Crippen LogP contribution in [0.25, 0.3) is 10.2 Å². The molecule has 3 rings (SSSR count). The van der Waals surface area contributed by atoms with E-state index in [1.807, 2.05) is 0 Å². The van der Waals surface area contributed by atoms with Crippen molar-refractivity contribution in [1.29, 1.82) is 0 Å². The summed E-state index contributed by atoms with van der Waals surface area (Å²) in [6.45, 7) is 7.18. The summed E-state index contributed by atoms with van der Waals surface area (Å²) in [5, 5.41) is 1.88. The fraction of sp³-hybridized carbons (Fsp3) is 0.625. The van der Waals surface area contributed by atoms with Crippen molar-refractivity contribution < 1.29 is 4.74 Å². The molecule has 5 nitrogen and oxygen atoms in total. The summed E-state index contributed by atoms with van der Waals surface area (Å²) < 4.78 is 6.06. The molecule has 2 aromatic rings. The Morgan fingerprint density at radius 1 is 1.39 bits per heavy atom. The van der Waals surface area contributed by atoms with Gasteiger partial charge < -0.3 is 10.2 Å². The average Bonchev–Trinajstić information content (AvgIpc) is 2.92. The van der Waals surface area contributed by atoms with E-state index in [9.17, 15) is 0 Å². The molecule has 7 heteroatoms. The van der Waals surface area contributed by atoms with Gasteiger partial charge in [-0.2, -0.15) is 0 Å². The number of aromatic nitrogens is 2. The first-order chi connectivity index (χ1) is 11.1. The maximum absolute atomic E-state index is 6.06. The molecule has 0 fully saturated rings. The number of hydrogen-bond acceptors (Lipinski definition) is 7. The number of thioether (sulfide) groups is 1. The average molecular weight is 353 g/mol. The maximum atomic E-state index is 6.06. The summed E-state index contributed by atoms with van der Waals surface area (Å²) in [7, 11) is 0. The fourth-order valence-electron chi connectivity index (χ4n) is 2.76. The molecule has 0 amide bonds. The summed E-state index contributed by atoms with van der Waals surface area (Å²) in [6, 6.07) is 0. The van der Waals surface area contributed by atoms with Crippen LogP contribution in [0.2, 0.25) is 0 Å². The second-order valence-electron chi connectivity index (χ2n) is 6.15. The lowest BCUT2D eigenvalue weighted by atomic mass is 9.90. The van der Waals surface area contributed by atoms with Crippen molar-refractivity contribution in [2.75, 3.05) is 11.2 Å². The minimum absolute atomic E-state index is 0.110. The fourth-order valence-corrected chi connectivity index (χ4v) is 4.84. The Kier molecular flexibility index (Phi) is 5.10. The highest BCUT2D eigenvalue weighted by atomic mass is 32.2. The largest absolute Gasteiger partial charge is 0.369 e. The zero-order valence-electron chi connectivity index (χ0n) is 13.9. The number of thiophene rings is 1. The molecule has 0 saturated heterocycles. The highest BCUT2D eigenvalue weighted by molar-refractivity contribution is 7.99. The van der Waals surface area contributed by atoms with Gasteiger partial charge >= 0.3 is 0 Å². The first kappa shape index (κ1) is 17.0. The molecule has 0 saturated carbocycles. The van der Waals surface area contributed by atoms with Crippen LogP contribution in [0.4, 0.5) is 5.82 Å². The van der Waals surface area contributed by atoms with Gasteiger partial charge in [-0.3, -0.25) is 0 Å². The molecule has 1 aliphatic heterocycles. The van der Waals surface area contributed by atoms with Crippen LogP contribution in [0.15, 0.2) is 5.16 Å². The topological polar surface area (TPSA) is 73.1 Å². The van der Waals surface area contributed by atoms with Gasteiger partial charge in [0.25, 0.3) is 0 Å². The number of hydrogen-bond donors (Lipinski definition) is 2. The van der Waals surface area contributed by atoms with Gasteiger partial charge in [0.2, 0.25) is 0 Å². The smallest absolute Gasteiger partial charge is 0.190 e. The predicted octanol–water partition coefficient (Wildman–Crippen LogP) is 4.11. The molecule has 1 aliphatic rings. The Balaban J connectivity index is 2.01. The normalized spacial score (nSPS) is 20.7. The minimum atomic E-state index is -0.110. The number of nitrogens with two attached hydrogens (primary N) is 1. The molecular formula is C16H24N4OS2. The second kappa shape index (κ2) is 6.93. The van der Waals surface area contributed by atoms with E-state index in [1.54, 1.807) is 23.1 Å². The lowest BCUT2D eigenvalue weighted by Crippen LogP contribution is -2.34. The number of unbranched alkanes of at least 4 members (excludes halogenated alkanes) is 1. The molecule has 3 heterocycles. The Bertz CT molecular complexity index is 703. The third-order valence-corrected chi connectivity index (χ3v) is 6.46. The Morgan fingerprint density at radius 3 is 2.91 bits per heavy atom. The minimum Gasteiger partial charge on any atom is -0.369 e. The molecule has 0 aromatic carbocycles. The van der Waals surface area contributed by atoms with Crippen LogP contribution >= 0.6 is 23.1 Å². The van der Waals surface area contributed by atoms with Gasteiger partial charge in [-0.25, -0.2) is 15.8 Å². The van der Waals surface area contributed by atoms with Crippen molar-refractivity contribution in [1.82, 2.24) is 9.97 Å². The predicted molar refractivity (Wildman–Crippen MR) is 98.0 cm³/mol. The van der Waals surface area contributed by atoms with Crippen LogP contribution in [0.1, 0.15) is 50.5 Å². The van der Waals surface area contributed by atoms with Gasteiger partial charge in [-0.05, 0) is 25.3 Å². The number of rotatable bonds is 6. The number of fused-ring (bicyclic) bond motifs is 3. The van der Waals surface area contributed by atoms with Crippen molar-refractivity contribution in [3.05, 3.63) is 10.4 Å². The van der Waals surface area contributed by atoms with E-state index in [1.165, 1.54) is 23.3 Å². The quantitative estimate of drug-likeness (QED) is 0.268. The number of ether oxygens (including phenoxy) is 1. The third-order valence-electron chi connectivity index (χ3n) is 4.43. The van der Waals surface area contributed by atoms with Gasteiger partial charge in [-0.1, -0.05) is 32.0 Å². The Morgan fingerprint density at radius 2 is 2.22 bits per heavy atom. The number of anilines is 1. The molecule has 126 valence electrons. The lowest BCUT2D eigenvalue weighted by molar-refractivity contribution is -0.0542. The van der Waals surface area contributed by atoms with E-state index in [2.05, 4.69) is 31.2 Å². The molecule has 3 N–H and O–H groups in total. The van der Waals surface area contributed by atoms with E-state index >= 15 is 0 Å². The molecule has 0 radical (unpaired) electrons. The van der Waals surface area contributed by atoms with Gasteiger partial charge in [0.15, 0.2) is 11.0 Å². The van der Waals surface area contributed by atoms with Crippen molar-refractivity contribution >= 4 is 39.1 Å². The highest BCUT2D eigenvalue weighted by Gasteiger charge is 2.33. The van der Waals surface area contributed by atoms with Crippen molar-refractivity contribution in [2.45, 2.75) is 63.8 Å². The van der Waals surface area contributed by atoms with Gasteiger partial charge in [0.05, 0.1) is 17.6 Å². The van der Waals surface area contributed by atoms with Crippen molar-refractivity contribution in [3.63, 3.8) is 0 Å². The first-order valence-electron chi connectivity index (χ1n) is 8.16. The standard InChI is InChI=1S/C16H24N4OS2/c1-4-6-7-22-15-18-13(20-17)12-10-8-16(3,5-2)21-9-11(10)23-14(12)19-15/h4-9,17H2,1-3H3,(H,18,19,20)/t16-/m1/s1. The summed E-state index contributed by atoms with van der Waals surface area (Å²) >= 11 is 3.41. The van der Waals surface area contributed by atoms with Crippen molar-refractivity contribution in [3.8, 4) is 0 Å². The van der Waals surface area contributed by atoms with Gasteiger partial charge in [0.1, 0.15) is 4.83 Å². The van der Waals surface area contributed by atoms with Crippen LogP contribution in [0, 0.1) is 0 Å². The number of hydrazine groups is 1. The third kappa shape index (κ3) is 3.33. The van der Waals surface area contributed by atoms with Crippen LogP contribution < -0.4 is 11.3 Å². The molecule has 2 aromatic heterocycles. The van der Waals surface area contributed by atoms with Gasteiger partial charge in [0, 0.05) is 17.1 Å². The van der Waals surface area contributed by atoms with E-state index in [4.69, 9.17) is 15.6 Å². The van der Waals surface area contributed by atoms with E-state index in [0.717, 1.165) is 39.8 Å². The second-order valence-corrected chi connectivity index (χ2v) is 8.30. The SMILES string of the molecule is CCCCSc1nc(NN)c2c3c(sc2n1)CO[C@](C)(CC)C3. The molecular weight excluding hydrogens is 328 g/mol. The molecule has 0 spiro atoms. The molecule has 0 aliphatic carbocycles. The van der Waals surface area contributed by atoms with E-state index in [0.29, 0.717) is 6.61 Å². The van der Waals surface area contributed by atoms with Crippen LogP contribution in [-0.2, 0) is 17.8 Å². The zero-order chi connectivity index (χ0) is 16.4. The monoisotopic (exact) mass is 352 g/mol. The van der Waals surface area contributed by atoms with E-state index < -0.39 is 0 Å². The number of nitrogens with zero attached hydrogens (tertiary/aromatic N) is 2. The molecule has 23 heavy (non-hydrogen) atoms. The van der Waals surface area contributed by atoms with E-state index in [-0.39, 0.29) is 5.60 Å². The summed E-state index contributed by atoms with van der Waals surface area (Å²) in [5.74, 6) is 7.53. The van der Waals surface area contributed by atoms with Gasteiger partial charge in [-0.15, -0.1) is 11.3 Å². The molecule has 0 unspecified atom stereocenters. The number of nitrogens with one attached hydrogen (secondary N) is 1. The summed E-state index contributed by atoms with van der Waals surface area (Å²) in [4.78, 5) is 11.7.